The van der Waals surface area contributed by atoms with Crippen LogP contribution in [-0.2, 0) is 0 Å². The summed E-state index contributed by atoms with van der Waals surface area (Å²) in [5, 5.41) is 4.06. The third kappa shape index (κ3) is 3.18. The summed E-state index contributed by atoms with van der Waals surface area (Å²) in [7, 11) is 1.61. The highest BCUT2D eigenvalue weighted by Crippen LogP contribution is 2.32. The van der Waals surface area contributed by atoms with Gasteiger partial charge in [-0.1, -0.05) is 22.9 Å². The van der Waals surface area contributed by atoms with Crippen LogP contribution in [0.4, 0.5) is 0 Å². The molecule has 0 unspecified atom stereocenters. The number of rotatable bonds is 5. The zero-order chi connectivity index (χ0) is 16.2. The summed E-state index contributed by atoms with van der Waals surface area (Å²) in [5.74, 6) is 2.35. The lowest BCUT2D eigenvalue weighted by Gasteiger charge is -2.09. The van der Waals surface area contributed by atoms with E-state index in [0.717, 1.165) is 16.7 Å². The van der Waals surface area contributed by atoms with E-state index in [9.17, 15) is 0 Å². The number of aryl methyl sites for hydroxylation is 1. The molecule has 5 nitrogen and oxygen atoms in total. The Bertz CT molecular complexity index is 812. The average Bonchev–Trinajstić information content (AvgIpc) is 3.05. The summed E-state index contributed by atoms with van der Waals surface area (Å²) < 4.78 is 16.3. The van der Waals surface area contributed by atoms with Crippen LogP contribution in [0.25, 0.3) is 22.8 Å². The molecule has 0 fully saturated rings. The number of benzene rings is 2. The Hall–Kier alpha value is -2.82. The first-order valence-electron chi connectivity index (χ1n) is 7.43. The highest BCUT2D eigenvalue weighted by molar-refractivity contribution is 5.63. The molecule has 0 saturated carbocycles. The van der Waals surface area contributed by atoms with Crippen LogP contribution in [0.5, 0.6) is 11.5 Å². The van der Waals surface area contributed by atoms with E-state index < -0.39 is 0 Å². The van der Waals surface area contributed by atoms with E-state index in [1.54, 1.807) is 7.11 Å². The van der Waals surface area contributed by atoms with Gasteiger partial charge in [-0.15, -0.1) is 0 Å². The zero-order valence-corrected chi connectivity index (χ0v) is 13.4. The van der Waals surface area contributed by atoms with E-state index in [-0.39, 0.29) is 0 Å². The summed E-state index contributed by atoms with van der Waals surface area (Å²) >= 11 is 0. The van der Waals surface area contributed by atoms with E-state index in [4.69, 9.17) is 14.0 Å². The Labute approximate surface area is 134 Å². The van der Waals surface area contributed by atoms with Crippen molar-refractivity contribution < 1.29 is 14.0 Å². The standard InChI is InChI=1S/C18H18N2O3/c1-4-22-15-9-8-13(11-16(15)21-3)17-19-18(23-20-17)14-7-5-6-12(2)10-14/h5-11H,4H2,1-3H3. The molecule has 118 valence electrons. The van der Waals surface area contributed by atoms with Crippen molar-refractivity contribution >= 4 is 0 Å². The molecule has 3 aromatic rings. The Morgan fingerprint density at radius 1 is 1.04 bits per heavy atom. The molecule has 0 saturated heterocycles. The van der Waals surface area contributed by atoms with Crippen LogP contribution >= 0.6 is 0 Å². The van der Waals surface area contributed by atoms with Crippen molar-refractivity contribution in [1.29, 1.82) is 0 Å². The third-order valence-corrected chi connectivity index (χ3v) is 3.41. The van der Waals surface area contributed by atoms with Gasteiger partial charge in [-0.05, 0) is 44.2 Å². The Kier molecular flexibility index (Phi) is 4.28. The number of hydrogen-bond donors (Lipinski definition) is 0. The van der Waals surface area contributed by atoms with Gasteiger partial charge < -0.3 is 14.0 Å². The van der Waals surface area contributed by atoms with Crippen molar-refractivity contribution in [3.63, 3.8) is 0 Å². The highest BCUT2D eigenvalue weighted by Gasteiger charge is 2.13. The maximum absolute atomic E-state index is 5.52. The van der Waals surface area contributed by atoms with Crippen LogP contribution in [0.15, 0.2) is 47.0 Å². The molecule has 5 heteroatoms. The van der Waals surface area contributed by atoms with E-state index in [1.807, 2.05) is 56.3 Å². The SMILES string of the molecule is CCOc1ccc(-c2noc(-c3cccc(C)c3)n2)cc1OC. The maximum atomic E-state index is 5.52. The van der Waals surface area contributed by atoms with Gasteiger partial charge >= 0.3 is 0 Å². The number of hydrogen-bond acceptors (Lipinski definition) is 5. The van der Waals surface area contributed by atoms with Crippen LogP contribution in [0.3, 0.4) is 0 Å². The maximum Gasteiger partial charge on any atom is 0.258 e. The van der Waals surface area contributed by atoms with E-state index in [2.05, 4.69) is 10.1 Å². The summed E-state index contributed by atoms with van der Waals surface area (Å²) in [4.78, 5) is 4.47. The molecule has 0 radical (unpaired) electrons. The minimum absolute atomic E-state index is 0.497. The first kappa shape index (κ1) is 15.1. The molecule has 0 spiro atoms. The van der Waals surface area contributed by atoms with Crippen LogP contribution in [0.2, 0.25) is 0 Å². The number of aromatic nitrogens is 2. The van der Waals surface area contributed by atoms with Crippen molar-refractivity contribution in [2.24, 2.45) is 0 Å². The lowest BCUT2D eigenvalue weighted by Crippen LogP contribution is -1.95. The molecule has 3 rings (SSSR count). The van der Waals surface area contributed by atoms with Crippen molar-refractivity contribution in [1.82, 2.24) is 10.1 Å². The fourth-order valence-corrected chi connectivity index (χ4v) is 2.32. The van der Waals surface area contributed by atoms with E-state index in [1.165, 1.54) is 0 Å². The van der Waals surface area contributed by atoms with Crippen LogP contribution < -0.4 is 9.47 Å². The summed E-state index contributed by atoms with van der Waals surface area (Å²) in [5.41, 5.74) is 2.86. The summed E-state index contributed by atoms with van der Waals surface area (Å²) in [6.07, 6.45) is 0. The second-order valence-corrected chi connectivity index (χ2v) is 5.09. The van der Waals surface area contributed by atoms with Gasteiger partial charge in [0.15, 0.2) is 11.5 Å². The number of nitrogens with zero attached hydrogens (tertiary/aromatic N) is 2. The molecule has 0 atom stereocenters. The molecule has 0 aliphatic carbocycles. The van der Waals surface area contributed by atoms with Gasteiger partial charge in [-0.25, -0.2) is 0 Å². The minimum atomic E-state index is 0.497. The molecule has 0 N–H and O–H groups in total. The molecule has 2 aromatic carbocycles. The largest absolute Gasteiger partial charge is 0.493 e. The van der Waals surface area contributed by atoms with Crippen LogP contribution in [0.1, 0.15) is 12.5 Å². The predicted octanol–water partition coefficient (Wildman–Crippen LogP) is 4.12. The van der Waals surface area contributed by atoms with Gasteiger partial charge in [-0.2, -0.15) is 4.98 Å². The molecule has 1 heterocycles. The molecule has 0 aliphatic rings. The average molecular weight is 310 g/mol. The van der Waals surface area contributed by atoms with Crippen molar-refractivity contribution in [3.8, 4) is 34.3 Å². The lowest BCUT2D eigenvalue weighted by molar-refractivity contribution is 0.311. The first-order chi connectivity index (χ1) is 11.2. The van der Waals surface area contributed by atoms with Gasteiger partial charge in [0.25, 0.3) is 5.89 Å². The second kappa shape index (κ2) is 6.52. The van der Waals surface area contributed by atoms with Crippen LogP contribution in [0, 0.1) is 6.92 Å². The van der Waals surface area contributed by atoms with E-state index in [0.29, 0.717) is 29.8 Å². The zero-order valence-electron chi connectivity index (χ0n) is 13.4. The first-order valence-corrected chi connectivity index (χ1v) is 7.43. The number of methoxy groups -OCH3 is 1. The fraction of sp³-hybridized carbons (Fsp3) is 0.222. The second-order valence-electron chi connectivity index (χ2n) is 5.09. The Balaban J connectivity index is 1.94. The Morgan fingerprint density at radius 3 is 2.65 bits per heavy atom. The molecule has 0 amide bonds. The van der Waals surface area contributed by atoms with Gasteiger partial charge in [0, 0.05) is 11.1 Å². The molecular formula is C18H18N2O3. The molecule has 0 aliphatic heterocycles. The van der Waals surface area contributed by atoms with Crippen LogP contribution in [-0.4, -0.2) is 23.9 Å². The molecule has 1 aromatic heterocycles. The van der Waals surface area contributed by atoms with Gasteiger partial charge in [0.1, 0.15) is 0 Å². The quantitative estimate of drug-likeness (QED) is 0.709. The van der Waals surface area contributed by atoms with Crippen molar-refractivity contribution in [3.05, 3.63) is 48.0 Å². The molecule has 0 bridgehead atoms. The molecule has 23 heavy (non-hydrogen) atoms. The molecular weight excluding hydrogens is 292 g/mol. The smallest absolute Gasteiger partial charge is 0.258 e. The fourth-order valence-electron chi connectivity index (χ4n) is 2.32. The van der Waals surface area contributed by atoms with Crippen molar-refractivity contribution in [2.75, 3.05) is 13.7 Å². The van der Waals surface area contributed by atoms with E-state index >= 15 is 0 Å². The predicted molar refractivity (Wildman–Crippen MR) is 87.6 cm³/mol. The number of ether oxygens (including phenoxy) is 2. The lowest BCUT2D eigenvalue weighted by atomic mass is 10.1. The summed E-state index contributed by atoms with van der Waals surface area (Å²) in [6.45, 7) is 4.54. The normalized spacial score (nSPS) is 10.6. The van der Waals surface area contributed by atoms with Gasteiger partial charge in [0.2, 0.25) is 5.82 Å². The van der Waals surface area contributed by atoms with Gasteiger partial charge in [-0.3, -0.25) is 0 Å². The summed E-state index contributed by atoms with van der Waals surface area (Å²) in [6, 6.07) is 13.5. The topological polar surface area (TPSA) is 57.4 Å². The third-order valence-electron chi connectivity index (χ3n) is 3.41. The highest BCUT2D eigenvalue weighted by atomic mass is 16.5. The van der Waals surface area contributed by atoms with Gasteiger partial charge in [0.05, 0.1) is 13.7 Å². The Morgan fingerprint density at radius 2 is 1.91 bits per heavy atom. The monoisotopic (exact) mass is 310 g/mol. The van der Waals surface area contributed by atoms with Crippen molar-refractivity contribution in [2.45, 2.75) is 13.8 Å². The minimum Gasteiger partial charge on any atom is -0.493 e.